The molecule has 0 amide bonds. The summed E-state index contributed by atoms with van der Waals surface area (Å²) in [5.74, 6) is -0.803. The topological polar surface area (TPSA) is 17.1 Å². The molecule has 86 valence electrons. The summed E-state index contributed by atoms with van der Waals surface area (Å²) in [4.78, 5) is 12.1. The molecule has 0 aromatic heterocycles. The third-order valence-electron chi connectivity index (χ3n) is 2.56. The molecule has 0 aliphatic rings. The first kappa shape index (κ1) is 11.8. The van der Waals surface area contributed by atoms with Crippen LogP contribution in [0.5, 0.6) is 0 Å². The molecule has 3 heteroatoms. The minimum absolute atomic E-state index is 0.112. The molecule has 2 aromatic carbocycles. The van der Waals surface area contributed by atoms with Crippen LogP contribution in [0.25, 0.3) is 0 Å². The van der Waals surface area contributed by atoms with Crippen molar-refractivity contribution in [2.45, 2.75) is 6.92 Å². The third kappa shape index (κ3) is 2.22. The first-order chi connectivity index (χ1) is 8.11. The van der Waals surface area contributed by atoms with Crippen molar-refractivity contribution in [2.75, 3.05) is 0 Å². The zero-order chi connectivity index (χ0) is 12.4. The van der Waals surface area contributed by atoms with Gasteiger partial charge in [0.05, 0.1) is 5.02 Å². The zero-order valence-corrected chi connectivity index (χ0v) is 9.96. The minimum atomic E-state index is -0.534. The van der Waals surface area contributed by atoms with E-state index in [1.807, 2.05) is 6.07 Å². The van der Waals surface area contributed by atoms with Gasteiger partial charge < -0.3 is 0 Å². The Labute approximate surface area is 104 Å². The molecule has 2 aromatic rings. The van der Waals surface area contributed by atoms with Crippen LogP contribution >= 0.6 is 11.6 Å². The van der Waals surface area contributed by atoms with Gasteiger partial charge in [0.1, 0.15) is 5.82 Å². The molecule has 0 aliphatic heterocycles. The molecule has 0 atom stereocenters. The standard InChI is InChI=1S/C14H10ClFO/c1-9-7-8-11(12(15)13(9)16)14(17)10-5-3-2-4-6-10/h2-8H,1H3. The van der Waals surface area contributed by atoms with Gasteiger partial charge in [-0.05, 0) is 18.6 Å². The lowest BCUT2D eigenvalue weighted by Gasteiger charge is -2.06. The highest BCUT2D eigenvalue weighted by Gasteiger charge is 2.16. The fraction of sp³-hybridized carbons (Fsp3) is 0.0714. The average Bonchev–Trinajstić information content (AvgIpc) is 2.36. The summed E-state index contributed by atoms with van der Waals surface area (Å²) >= 11 is 5.85. The van der Waals surface area contributed by atoms with E-state index in [-0.39, 0.29) is 16.4 Å². The van der Waals surface area contributed by atoms with E-state index in [1.54, 1.807) is 43.3 Å². The number of halogens is 2. The number of carbonyl (C=O) groups is 1. The lowest BCUT2D eigenvalue weighted by molar-refractivity contribution is 0.103. The highest BCUT2D eigenvalue weighted by molar-refractivity contribution is 6.35. The maximum atomic E-state index is 13.6. The van der Waals surface area contributed by atoms with Gasteiger partial charge in [-0.15, -0.1) is 0 Å². The van der Waals surface area contributed by atoms with E-state index in [4.69, 9.17) is 11.6 Å². The summed E-state index contributed by atoms with van der Waals surface area (Å²) in [5, 5.41) is -0.112. The highest BCUT2D eigenvalue weighted by atomic mass is 35.5. The number of carbonyl (C=O) groups excluding carboxylic acids is 1. The fourth-order valence-electron chi connectivity index (χ4n) is 1.57. The monoisotopic (exact) mass is 248 g/mol. The summed E-state index contributed by atoms with van der Waals surface area (Å²) in [6.07, 6.45) is 0. The van der Waals surface area contributed by atoms with E-state index in [0.717, 1.165) is 0 Å². The van der Waals surface area contributed by atoms with Gasteiger partial charge in [0, 0.05) is 11.1 Å². The number of hydrogen-bond acceptors (Lipinski definition) is 1. The molecule has 0 saturated carbocycles. The summed E-state index contributed by atoms with van der Waals surface area (Å²) in [6, 6.07) is 11.8. The van der Waals surface area contributed by atoms with E-state index < -0.39 is 5.82 Å². The van der Waals surface area contributed by atoms with Gasteiger partial charge in [0.15, 0.2) is 5.78 Å². The Bertz CT molecular complexity index is 564. The first-order valence-electron chi connectivity index (χ1n) is 5.15. The van der Waals surface area contributed by atoms with Crippen molar-refractivity contribution in [3.05, 3.63) is 70.0 Å². The Morgan fingerprint density at radius 3 is 2.41 bits per heavy atom. The Hall–Kier alpha value is -1.67. The van der Waals surface area contributed by atoms with Crippen molar-refractivity contribution in [1.82, 2.24) is 0 Å². The van der Waals surface area contributed by atoms with Gasteiger partial charge in [0.2, 0.25) is 0 Å². The zero-order valence-electron chi connectivity index (χ0n) is 9.21. The number of benzene rings is 2. The molecule has 0 heterocycles. The number of aryl methyl sites for hydroxylation is 1. The van der Waals surface area contributed by atoms with Crippen molar-refractivity contribution in [1.29, 1.82) is 0 Å². The predicted molar refractivity (Wildman–Crippen MR) is 66.0 cm³/mol. The Morgan fingerprint density at radius 2 is 1.76 bits per heavy atom. The largest absolute Gasteiger partial charge is 0.289 e. The first-order valence-corrected chi connectivity index (χ1v) is 5.53. The SMILES string of the molecule is Cc1ccc(C(=O)c2ccccc2)c(Cl)c1F. The van der Waals surface area contributed by atoms with Crippen LogP contribution in [0.1, 0.15) is 21.5 Å². The van der Waals surface area contributed by atoms with Crippen LogP contribution in [0, 0.1) is 12.7 Å². The van der Waals surface area contributed by atoms with E-state index in [1.165, 1.54) is 0 Å². The molecule has 0 bridgehead atoms. The van der Waals surface area contributed by atoms with Gasteiger partial charge in [-0.1, -0.05) is 48.0 Å². The Balaban J connectivity index is 2.49. The second kappa shape index (κ2) is 4.68. The molecular weight excluding hydrogens is 239 g/mol. The van der Waals surface area contributed by atoms with Gasteiger partial charge >= 0.3 is 0 Å². The normalized spacial score (nSPS) is 10.3. The van der Waals surface area contributed by atoms with Crippen molar-refractivity contribution in [2.24, 2.45) is 0 Å². The van der Waals surface area contributed by atoms with Crippen molar-refractivity contribution in [3.8, 4) is 0 Å². The summed E-state index contributed by atoms with van der Waals surface area (Å²) in [7, 11) is 0. The molecule has 0 saturated heterocycles. The quantitative estimate of drug-likeness (QED) is 0.734. The van der Waals surface area contributed by atoms with Crippen molar-refractivity contribution < 1.29 is 9.18 Å². The Kier molecular flexibility index (Phi) is 3.25. The average molecular weight is 249 g/mol. The molecule has 17 heavy (non-hydrogen) atoms. The second-order valence-electron chi connectivity index (χ2n) is 3.75. The second-order valence-corrected chi connectivity index (χ2v) is 4.13. The van der Waals surface area contributed by atoms with Crippen molar-refractivity contribution >= 4 is 17.4 Å². The molecule has 0 N–H and O–H groups in total. The van der Waals surface area contributed by atoms with E-state index in [9.17, 15) is 9.18 Å². The third-order valence-corrected chi connectivity index (χ3v) is 2.93. The number of ketones is 1. The molecule has 0 aliphatic carbocycles. The van der Waals surface area contributed by atoms with Gasteiger partial charge in [-0.2, -0.15) is 0 Å². The van der Waals surface area contributed by atoms with Crippen LogP contribution in [0.15, 0.2) is 42.5 Å². The molecule has 2 rings (SSSR count). The van der Waals surface area contributed by atoms with E-state index in [2.05, 4.69) is 0 Å². The molecule has 1 nitrogen and oxygen atoms in total. The predicted octanol–water partition coefficient (Wildman–Crippen LogP) is 4.02. The van der Waals surface area contributed by atoms with Crippen LogP contribution in [-0.2, 0) is 0 Å². The van der Waals surface area contributed by atoms with Gasteiger partial charge in [-0.3, -0.25) is 4.79 Å². The van der Waals surface area contributed by atoms with E-state index in [0.29, 0.717) is 11.1 Å². The number of rotatable bonds is 2. The molecule has 0 spiro atoms. The van der Waals surface area contributed by atoms with Crippen LogP contribution in [-0.4, -0.2) is 5.78 Å². The van der Waals surface area contributed by atoms with Gasteiger partial charge in [-0.25, -0.2) is 4.39 Å². The van der Waals surface area contributed by atoms with Crippen LogP contribution in [0.3, 0.4) is 0 Å². The maximum Gasteiger partial charge on any atom is 0.194 e. The van der Waals surface area contributed by atoms with Crippen molar-refractivity contribution in [3.63, 3.8) is 0 Å². The molecule has 0 unspecified atom stereocenters. The maximum absolute atomic E-state index is 13.6. The van der Waals surface area contributed by atoms with E-state index >= 15 is 0 Å². The summed E-state index contributed by atoms with van der Waals surface area (Å²) in [5.41, 5.74) is 1.12. The lowest BCUT2D eigenvalue weighted by atomic mass is 10.0. The summed E-state index contributed by atoms with van der Waals surface area (Å²) in [6.45, 7) is 1.61. The Morgan fingerprint density at radius 1 is 1.12 bits per heavy atom. The van der Waals surface area contributed by atoms with Crippen LogP contribution in [0.2, 0.25) is 5.02 Å². The molecule has 0 fully saturated rings. The molecular formula is C14H10ClFO. The van der Waals surface area contributed by atoms with Crippen LogP contribution in [0.4, 0.5) is 4.39 Å². The fourth-order valence-corrected chi connectivity index (χ4v) is 1.86. The minimum Gasteiger partial charge on any atom is -0.289 e. The lowest BCUT2D eigenvalue weighted by Crippen LogP contribution is -2.03. The summed E-state index contributed by atoms with van der Waals surface area (Å²) < 4.78 is 13.6. The van der Waals surface area contributed by atoms with Gasteiger partial charge in [0.25, 0.3) is 0 Å². The highest BCUT2D eigenvalue weighted by Crippen LogP contribution is 2.24. The molecule has 0 radical (unpaired) electrons. The number of hydrogen-bond donors (Lipinski definition) is 0. The van der Waals surface area contributed by atoms with Crippen LogP contribution < -0.4 is 0 Å². The smallest absolute Gasteiger partial charge is 0.194 e.